The van der Waals surface area contributed by atoms with Gasteiger partial charge in [-0.05, 0) is 0 Å². The molecule has 0 saturated heterocycles. The van der Waals surface area contributed by atoms with E-state index < -0.39 is 21.7 Å². The van der Waals surface area contributed by atoms with E-state index in [0.29, 0.717) is 9.37 Å². The van der Waals surface area contributed by atoms with E-state index in [1.165, 1.54) is 12.1 Å². The van der Waals surface area contributed by atoms with Gasteiger partial charge in [-0.15, -0.1) is 0 Å². The minimum absolute atomic E-state index is 0.0603. The molecule has 0 heterocycles. The van der Waals surface area contributed by atoms with E-state index in [2.05, 4.69) is 0 Å². The normalized spacial score (nSPS) is 11.3. The third kappa shape index (κ3) is 4.59. The van der Waals surface area contributed by atoms with Gasteiger partial charge in [0.25, 0.3) is 0 Å². The topological polar surface area (TPSA) is 54.4 Å². The van der Waals surface area contributed by atoms with Gasteiger partial charge >= 0.3 is 134 Å². The number of carboxylic acid groups (broad SMARTS) is 1. The molecule has 0 spiro atoms. The van der Waals surface area contributed by atoms with Crippen LogP contribution in [0, 0.1) is 0 Å². The van der Waals surface area contributed by atoms with E-state index in [-0.39, 0.29) is 10.1 Å². The van der Waals surface area contributed by atoms with E-state index in [9.17, 15) is 9.59 Å². The molecule has 1 N–H and O–H groups in total. The zero-order chi connectivity index (χ0) is 15.2. The van der Waals surface area contributed by atoms with Crippen molar-refractivity contribution in [3.63, 3.8) is 0 Å². The van der Waals surface area contributed by atoms with E-state index in [1.807, 2.05) is 12.1 Å². The summed E-state index contributed by atoms with van der Waals surface area (Å²) >= 11 is 4.92. The van der Waals surface area contributed by atoms with Crippen molar-refractivity contribution in [2.45, 2.75) is 0 Å². The molecular formula is C16H11AsClO3. The van der Waals surface area contributed by atoms with Gasteiger partial charge in [-0.2, -0.15) is 0 Å². The van der Waals surface area contributed by atoms with Crippen LogP contribution in [0.3, 0.4) is 0 Å². The number of halogens is 1. The van der Waals surface area contributed by atoms with E-state index >= 15 is 0 Å². The van der Waals surface area contributed by atoms with Crippen LogP contribution in [0.4, 0.5) is 0 Å². The number of carbonyl (C=O) groups excluding carboxylic acids is 1. The molecule has 0 atom stereocenters. The Labute approximate surface area is 133 Å². The van der Waals surface area contributed by atoms with Crippen LogP contribution in [0.1, 0.15) is 15.9 Å². The molecule has 0 aliphatic heterocycles. The van der Waals surface area contributed by atoms with Crippen molar-refractivity contribution in [1.82, 2.24) is 0 Å². The molecule has 0 aliphatic carbocycles. The summed E-state index contributed by atoms with van der Waals surface area (Å²) in [6.45, 7) is 0. The molecule has 5 heteroatoms. The Balaban J connectivity index is 2.08. The summed E-state index contributed by atoms with van der Waals surface area (Å²) < 4.78 is 0.543. The molecule has 1 radical (unpaired) electrons. The van der Waals surface area contributed by atoms with Crippen molar-refractivity contribution < 1.29 is 14.7 Å². The number of benzene rings is 2. The summed E-state index contributed by atoms with van der Waals surface area (Å²) in [6.07, 6.45) is 3.19. The number of aromatic carboxylic acids is 1. The maximum atomic E-state index is 12.0. The molecule has 0 aromatic heterocycles. The predicted octanol–water partition coefficient (Wildman–Crippen LogP) is 2.61. The Morgan fingerprint density at radius 2 is 1.71 bits per heavy atom. The molecule has 0 aliphatic rings. The van der Waals surface area contributed by atoms with Gasteiger partial charge in [-0.3, -0.25) is 0 Å². The number of hydrogen-bond acceptors (Lipinski definition) is 2. The van der Waals surface area contributed by atoms with Crippen LogP contribution in [-0.2, 0) is 4.79 Å². The molecule has 2 aromatic rings. The molecule has 21 heavy (non-hydrogen) atoms. The molecule has 0 unspecified atom stereocenters. The molecule has 0 amide bonds. The number of hydrogen-bond donors (Lipinski definition) is 1. The third-order valence-electron chi connectivity index (χ3n) is 2.65. The van der Waals surface area contributed by atoms with Crippen molar-refractivity contribution in [3.8, 4) is 0 Å². The average molecular weight is 362 g/mol. The fraction of sp³-hybridized carbons (Fsp3) is 0. The van der Waals surface area contributed by atoms with Gasteiger partial charge in [0.1, 0.15) is 0 Å². The van der Waals surface area contributed by atoms with Gasteiger partial charge in [0.2, 0.25) is 0 Å². The second-order valence-electron chi connectivity index (χ2n) is 4.16. The summed E-state index contributed by atoms with van der Waals surface area (Å²) in [4.78, 5) is 23.1. The predicted molar refractivity (Wildman–Crippen MR) is 84.3 cm³/mol. The van der Waals surface area contributed by atoms with Crippen LogP contribution in [0.25, 0.3) is 6.08 Å². The molecule has 0 bridgehead atoms. The molecule has 105 valence electrons. The van der Waals surface area contributed by atoms with Crippen molar-refractivity contribution in [3.05, 3.63) is 70.8 Å². The minimum atomic E-state index is -1.00. The van der Waals surface area contributed by atoms with Crippen molar-refractivity contribution in [1.29, 1.82) is 0 Å². The molecular weight excluding hydrogens is 351 g/mol. The van der Waals surface area contributed by atoms with E-state index in [0.717, 1.165) is 5.56 Å². The second-order valence-corrected chi connectivity index (χ2v) is 7.00. The zero-order valence-corrected chi connectivity index (χ0v) is 13.5. The molecule has 2 rings (SSSR count). The summed E-state index contributed by atoms with van der Waals surface area (Å²) in [5, 5.41) is 9.72. The van der Waals surface area contributed by atoms with Crippen molar-refractivity contribution >= 4 is 48.3 Å². The first-order valence-corrected chi connectivity index (χ1v) is 8.33. The first-order chi connectivity index (χ1) is 10.1. The number of allylic oxidation sites excluding steroid dienone is 1. The quantitative estimate of drug-likeness (QED) is 0.658. The maximum absolute atomic E-state index is 12.0. The Bertz CT molecular complexity index is 693. The van der Waals surface area contributed by atoms with Crippen LogP contribution in [0.15, 0.2) is 54.6 Å². The van der Waals surface area contributed by atoms with Gasteiger partial charge in [0.05, 0.1) is 0 Å². The standard InChI is InChI=1S/C16H11AsClO3/c18-12-8-5-11(6-9-12)7-10-15(19)17-14-4-2-1-3-13(14)16(20)21/h1-10H,(H,20,21). The first kappa shape index (κ1) is 15.6. The van der Waals surface area contributed by atoms with Gasteiger partial charge in [-0.25, -0.2) is 0 Å². The van der Waals surface area contributed by atoms with Crippen molar-refractivity contribution in [2.75, 3.05) is 0 Å². The van der Waals surface area contributed by atoms with Gasteiger partial charge < -0.3 is 0 Å². The fourth-order valence-electron chi connectivity index (χ4n) is 1.65. The van der Waals surface area contributed by atoms with E-state index in [4.69, 9.17) is 16.7 Å². The van der Waals surface area contributed by atoms with Crippen LogP contribution in [0.2, 0.25) is 5.02 Å². The van der Waals surface area contributed by atoms with E-state index in [1.54, 1.807) is 36.4 Å². The van der Waals surface area contributed by atoms with Gasteiger partial charge in [0.15, 0.2) is 0 Å². The monoisotopic (exact) mass is 361 g/mol. The number of rotatable bonds is 5. The van der Waals surface area contributed by atoms with Crippen LogP contribution < -0.4 is 4.35 Å². The summed E-state index contributed by atoms with van der Waals surface area (Å²) in [6, 6.07) is 13.7. The SMILES string of the molecule is O=C(C=Cc1ccc(Cl)cc1)[As]c1ccccc1C(=O)O. The molecule has 3 nitrogen and oxygen atoms in total. The molecule has 0 saturated carbocycles. The summed E-state index contributed by atoms with van der Waals surface area (Å²) in [5.74, 6) is -1.00. The Morgan fingerprint density at radius 3 is 2.38 bits per heavy atom. The second kappa shape index (κ2) is 7.26. The van der Waals surface area contributed by atoms with Crippen molar-refractivity contribution in [2.24, 2.45) is 0 Å². The van der Waals surface area contributed by atoms with Crippen LogP contribution in [0.5, 0.6) is 0 Å². The van der Waals surface area contributed by atoms with Crippen LogP contribution in [-0.4, -0.2) is 31.4 Å². The zero-order valence-electron chi connectivity index (χ0n) is 10.9. The van der Waals surface area contributed by atoms with Gasteiger partial charge in [0, 0.05) is 0 Å². The molecule has 0 fully saturated rings. The fourth-order valence-corrected chi connectivity index (χ4v) is 3.53. The third-order valence-corrected chi connectivity index (χ3v) is 5.00. The first-order valence-electron chi connectivity index (χ1n) is 6.08. The Hall–Kier alpha value is -1.83. The number of carboxylic acids is 1. The van der Waals surface area contributed by atoms with Crippen LogP contribution >= 0.6 is 11.6 Å². The van der Waals surface area contributed by atoms with Gasteiger partial charge in [-0.1, -0.05) is 0 Å². The Morgan fingerprint density at radius 1 is 1.05 bits per heavy atom. The number of carbonyl (C=O) groups is 2. The summed E-state index contributed by atoms with van der Waals surface area (Å²) in [5.41, 5.74) is 1.08. The summed E-state index contributed by atoms with van der Waals surface area (Å²) in [7, 11) is 0. The Kier molecular flexibility index (Phi) is 5.37. The average Bonchev–Trinajstić information content (AvgIpc) is 2.47. The molecule has 2 aromatic carbocycles.